The van der Waals surface area contributed by atoms with Gasteiger partial charge in [0.05, 0.1) is 5.60 Å². The Kier molecular flexibility index (Phi) is 3.51. The molecule has 0 bridgehead atoms. The summed E-state index contributed by atoms with van der Waals surface area (Å²) in [7, 11) is 0. The van der Waals surface area contributed by atoms with E-state index in [0.717, 1.165) is 38.0 Å². The first-order valence-electron chi connectivity index (χ1n) is 5.95. The molecule has 1 N–H and O–H groups in total. The molecule has 1 aromatic rings. The number of aromatic nitrogens is 2. The maximum atomic E-state index is 10.5. The van der Waals surface area contributed by atoms with E-state index in [1.165, 1.54) is 12.7 Å². The topological polar surface area (TPSA) is 49.2 Å². The smallest absolute Gasteiger partial charge is 0.115 e. The maximum absolute atomic E-state index is 10.5. The monoisotopic (exact) mass is 221 g/mol. The minimum Gasteiger partial charge on any atom is -0.385 e. The summed E-state index contributed by atoms with van der Waals surface area (Å²) in [6, 6.07) is 0. The predicted molar refractivity (Wildman–Crippen MR) is 61.9 cm³/mol. The molecule has 0 unspecified atom stereocenters. The van der Waals surface area contributed by atoms with Gasteiger partial charge in [-0.25, -0.2) is 9.97 Å². The van der Waals surface area contributed by atoms with E-state index in [9.17, 15) is 5.11 Å². The fourth-order valence-electron chi connectivity index (χ4n) is 2.29. The molecule has 2 rings (SSSR count). The zero-order chi connectivity index (χ0) is 11.4. The van der Waals surface area contributed by atoms with Gasteiger partial charge in [-0.1, -0.05) is 6.92 Å². The van der Waals surface area contributed by atoms with Gasteiger partial charge in [-0.15, -0.1) is 0 Å². The summed E-state index contributed by atoms with van der Waals surface area (Å²) in [6.45, 7) is 5.23. The lowest BCUT2D eigenvalue weighted by atomic mass is 9.86. The van der Waals surface area contributed by atoms with Gasteiger partial charge in [0.2, 0.25) is 0 Å². The van der Waals surface area contributed by atoms with Crippen molar-refractivity contribution in [2.24, 2.45) is 0 Å². The van der Waals surface area contributed by atoms with Crippen molar-refractivity contribution in [3.05, 3.63) is 24.3 Å². The first kappa shape index (κ1) is 11.5. The molecule has 0 atom stereocenters. The van der Waals surface area contributed by atoms with Crippen LogP contribution < -0.4 is 0 Å². The molecule has 0 amide bonds. The predicted octanol–water partition coefficient (Wildman–Crippen LogP) is 1.17. The van der Waals surface area contributed by atoms with Crippen LogP contribution in [0, 0.1) is 0 Å². The third kappa shape index (κ3) is 2.39. The van der Waals surface area contributed by atoms with E-state index >= 15 is 0 Å². The van der Waals surface area contributed by atoms with Crippen molar-refractivity contribution in [3.8, 4) is 0 Å². The highest BCUT2D eigenvalue weighted by Gasteiger charge is 2.34. The van der Waals surface area contributed by atoms with Crippen LogP contribution >= 0.6 is 0 Å². The molecule has 0 saturated carbocycles. The molecule has 1 aliphatic rings. The number of rotatable bonds is 3. The second kappa shape index (κ2) is 4.89. The van der Waals surface area contributed by atoms with Crippen LogP contribution in [0.4, 0.5) is 0 Å². The second-order valence-corrected chi connectivity index (χ2v) is 4.50. The molecule has 0 spiro atoms. The average molecular weight is 221 g/mol. The van der Waals surface area contributed by atoms with Crippen molar-refractivity contribution < 1.29 is 5.11 Å². The molecule has 88 valence electrons. The molecule has 1 fully saturated rings. The van der Waals surface area contributed by atoms with E-state index in [4.69, 9.17) is 0 Å². The van der Waals surface area contributed by atoms with Crippen LogP contribution in [0.25, 0.3) is 0 Å². The van der Waals surface area contributed by atoms with E-state index < -0.39 is 5.60 Å². The molecular formula is C12H19N3O. The Bertz CT molecular complexity index is 320. The number of hydrogen-bond acceptors (Lipinski definition) is 4. The average Bonchev–Trinajstić information content (AvgIpc) is 2.34. The van der Waals surface area contributed by atoms with Gasteiger partial charge in [-0.05, 0) is 25.8 Å². The van der Waals surface area contributed by atoms with Crippen LogP contribution in [0.2, 0.25) is 0 Å². The van der Waals surface area contributed by atoms with Crippen molar-refractivity contribution in [1.29, 1.82) is 0 Å². The standard InChI is InChI=1S/C12H19N3O/c1-2-5-15-6-3-12(16,4-7-15)11-8-13-10-14-9-11/h8-10,16H,2-7H2,1H3. The third-order valence-electron chi connectivity index (χ3n) is 3.32. The fourth-order valence-corrected chi connectivity index (χ4v) is 2.29. The van der Waals surface area contributed by atoms with Gasteiger partial charge in [-0.2, -0.15) is 0 Å². The first-order valence-corrected chi connectivity index (χ1v) is 5.95. The minimum atomic E-state index is -0.717. The molecule has 1 aromatic heterocycles. The normalized spacial score (nSPS) is 20.9. The number of nitrogens with zero attached hydrogens (tertiary/aromatic N) is 3. The van der Waals surface area contributed by atoms with Crippen LogP contribution in [-0.4, -0.2) is 39.6 Å². The lowest BCUT2D eigenvalue weighted by molar-refractivity contribution is -0.0263. The van der Waals surface area contributed by atoms with Gasteiger partial charge in [0.1, 0.15) is 6.33 Å². The van der Waals surface area contributed by atoms with E-state index in [0.29, 0.717) is 0 Å². The van der Waals surface area contributed by atoms with Crippen LogP contribution in [0.1, 0.15) is 31.7 Å². The summed E-state index contributed by atoms with van der Waals surface area (Å²) >= 11 is 0. The molecule has 2 heterocycles. The van der Waals surface area contributed by atoms with Crippen LogP contribution in [0.5, 0.6) is 0 Å². The molecular weight excluding hydrogens is 202 g/mol. The molecule has 4 heteroatoms. The number of likely N-dealkylation sites (tertiary alicyclic amines) is 1. The molecule has 0 radical (unpaired) electrons. The molecule has 4 nitrogen and oxygen atoms in total. The Morgan fingerprint density at radius 3 is 2.50 bits per heavy atom. The number of piperidine rings is 1. The largest absolute Gasteiger partial charge is 0.385 e. The highest BCUT2D eigenvalue weighted by atomic mass is 16.3. The van der Waals surface area contributed by atoms with E-state index in [1.54, 1.807) is 12.4 Å². The summed E-state index contributed by atoms with van der Waals surface area (Å²) < 4.78 is 0. The van der Waals surface area contributed by atoms with Crippen LogP contribution in [-0.2, 0) is 5.60 Å². The van der Waals surface area contributed by atoms with Gasteiger partial charge in [-0.3, -0.25) is 0 Å². The fraction of sp³-hybridized carbons (Fsp3) is 0.667. The highest BCUT2D eigenvalue weighted by molar-refractivity contribution is 5.15. The Morgan fingerprint density at radius 1 is 1.31 bits per heavy atom. The first-order chi connectivity index (χ1) is 7.74. The van der Waals surface area contributed by atoms with Crippen molar-refractivity contribution in [1.82, 2.24) is 14.9 Å². The van der Waals surface area contributed by atoms with Gasteiger partial charge >= 0.3 is 0 Å². The lowest BCUT2D eigenvalue weighted by Gasteiger charge is -2.38. The quantitative estimate of drug-likeness (QED) is 0.832. The summed E-state index contributed by atoms with van der Waals surface area (Å²) in [6.07, 6.45) is 7.68. The van der Waals surface area contributed by atoms with Crippen LogP contribution in [0.15, 0.2) is 18.7 Å². The van der Waals surface area contributed by atoms with E-state index in [-0.39, 0.29) is 0 Å². The van der Waals surface area contributed by atoms with Crippen molar-refractivity contribution in [3.63, 3.8) is 0 Å². The van der Waals surface area contributed by atoms with Gasteiger partial charge in [0, 0.05) is 31.0 Å². The SMILES string of the molecule is CCCN1CCC(O)(c2cncnc2)CC1. The second-order valence-electron chi connectivity index (χ2n) is 4.50. The Balaban J connectivity index is 2.01. The molecule has 0 aromatic carbocycles. The van der Waals surface area contributed by atoms with E-state index in [2.05, 4.69) is 21.8 Å². The summed E-state index contributed by atoms with van der Waals surface area (Å²) in [5.74, 6) is 0. The van der Waals surface area contributed by atoms with Gasteiger partial charge in [0.15, 0.2) is 0 Å². The summed E-state index contributed by atoms with van der Waals surface area (Å²) in [5.41, 5.74) is 0.136. The minimum absolute atomic E-state index is 0.717. The number of aliphatic hydroxyl groups is 1. The van der Waals surface area contributed by atoms with E-state index in [1.807, 2.05) is 0 Å². The van der Waals surface area contributed by atoms with Crippen LogP contribution in [0.3, 0.4) is 0 Å². The van der Waals surface area contributed by atoms with Gasteiger partial charge in [0.25, 0.3) is 0 Å². The molecule has 1 aliphatic heterocycles. The lowest BCUT2D eigenvalue weighted by Crippen LogP contribution is -2.42. The molecule has 16 heavy (non-hydrogen) atoms. The zero-order valence-electron chi connectivity index (χ0n) is 9.76. The molecule has 1 saturated heterocycles. The third-order valence-corrected chi connectivity index (χ3v) is 3.32. The summed E-state index contributed by atoms with van der Waals surface area (Å²) in [5, 5.41) is 10.5. The Labute approximate surface area is 96.3 Å². The molecule has 0 aliphatic carbocycles. The van der Waals surface area contributed by atoms with Crippen molar-refractivity contribution in [2.75, 3.05) is 19.6 Å². The van der Waals surface area contributed by atoms with Crippen molar-refractivity contribution >= 4 is 0 Å². The van der Waals surface area contributed by atoms with Gasteiger partial charge < -0.3 is 10.0 Å². The summed E-state index contributed by atoms with van der Waals surface area (Å²) in [4.78, 5) is 10.4. The Hall–Kier alpha value is -1.00. The van der Waals surface area contributed by atoms with Crippen molar-refractivity contribution in [2.45, 2.75) is 31.8 Å². The highest BCUT2D eigenvalue weighted by Crippen LogP contribution is 2.31. The number of hydrogen-bond donors (Lipinski definition) is 1. The Morgan fingerprint density at radius 2 is 1.94 bits per heavy atom. The zero-order valence-corrected chi connectivity index (χ0v) is 9.76. The maximum Gasteiger partial charge on any atom is 0.115 e.